The van der Waals surface area contributed by atoms with Crippen molar-refractivity contribution in [2.24, 2.45) is 0 Å². The van der Waals surface area contributed by atoms with Crippen molar-refractivity contribution in [3.63, 3.8) is 0 Å². The van der Waals surface area contributed by atoms with Crippen LogP contribution < -0.4 is 4.74 Å². The standard InChI is InChI=1S/C18H11BrClFO2/c1-23-16-7-6-10(8-15(16)21)18(22)13-9-14(19)11-4-2-3-5-12(11)17(13)20/h2-9H,1H3. The van der Waals surface area contributed by atoms with E-state index >= 15 is 0 Å². The SMILES string of the molecule is COc1ccc(C(=O)c2cc(Br)c3ccccc3c2Cl)cc1F. The highest BCUT2D eigenvalue weighted by atomic mass is 79.9. The first kappa shape index (κ1) is 16.0. The van der Waals surface area contributed by atoms with Gasteiger partial charge in [-0.15, -0.1) is 0 Å². The quantitative estimate of drug-likeness (QED) is 0.539. The van der Waals surface area contributed by atoms with Crippen molar-refractivity contribution in [2.45, 2.75) is 0 Å². The van der Waals surface area contributed by atoms with E-state index < -0.39 is 5.82 Å². The van der Waals surface area contributed by atoms with E-state index in [2.05, 4.69) is 15.9 Å². The van der Waals surface area contributed by atoms with Gasteiger partial charge in [0.2, 0.25) is 0 Å². The van der Waals surface area contributed by atoms with E-state index in [0.717, 1.165) is 21.3 Å². The van der Waals surface area contributed by atoms with Crippen molar-refractivity contribution in [2.75, 3.05) is 7.11 Å². The largest absolute Gasteiger partial charge is 0.494 e. The van der Waals surface area contributed by atoms with Gasteiger partial charge in [-0.3, -0.25) is 4.79 Å². The Bertz CT molecular complexity index is 924. The lowest BCUT2D eigenvalue weighted by Gasteiger charge is -2.10. The van der Waals surface area contributed by atoms with Gasteiger partial charge in [0, 0.05) is 21.0 Å². The monoisotopic (exact) mass is 392 g/mol. The highest BCUT2D eigenvalue weighted by Gasteiger charge is 2.18. The molecule has 2 nitrogen and oxygen atoms in total. The van der Waals surface area contributed by atoms with Crippen LogP contribution in [0, 0.1) is 5.82 Å². The first-order valence-corrected chi connectivity index (χ1v) is 7.95. The van der Waals surface area contributed by atoms with Crippen LogP contribution in [0.4, 0.5) is 4.39 Å². The normalized spacial score (nSPS) is 10.8. The molecule has 0 heterocycles. The van der Waals surface area contributed by atoms with Gasteiger partial charge in [-0.25, -0.2) is 4.39 Å². The number of benzene rings is 3. The molecule has 0 unspecified atom stereocenters. The van der Waals surface area contributed by atoms with Crippen LogP contribution in [0.5, 0.6) is 5.75 Å². The summed E-state index contributed by atoms with van der Waals surface area (Å²) in [6, 6.07) is 13.2. The van der Waals surface area contributed by atoms with Crippen LogP contribution in [0.2, 0.25) is 5.02 Å². The smallest absolute Gasteiger partial charge is 0.194 e. The number of hydrogen-bond acceptors (Lipinski definition) is 2. The second kappa shape index (κ2) is 6.30. The molecule has 0 bridgehead atoms. The van der Waals surface area contributed by atoms with Gasteiger partial charge in [0.25, 0.3) is 0 Å². The fourth-order valence-electron chi connectivity index (χ4n) is 2.42. The van der Waals surface area contributed by atoms with Crippen molar-refractivity contribution in [1.82, 2.24) is 0 Å². The van der Waals surface area contributed by atoms with E-state index in [1.165, 1.54) is 19.2 Å². The minimum absolute atomic E-state index is 0.0901. The van der Waals surface area contributed by atoms with Crippen LogP contribution in [0.3, 0.4) is 0 Å². The van der Waals surface area contributed by atoms with Crippen molar-refractivity contribution in [3.8, 4) is 5.75 Å². The lowest BCUT2D eigenvalue weighted by Crippen LogP contribution is -2.04. The number of carbonyl (C=O) groups excluding carboxylic acids is 1. The van der Waals surface area contributed by atoms with Gasteiger partial charge in [0.05, 0.1) is 12.1 Å². The second-order valence-corrected chi connectivity index (χ2v) is 6.18. The summed E-state index contributed by atoms with van der Waals surface area (Å²) in [6.07, 6.45) is 0. The summed E-state index contributed by atoms with van der Waals surface area (Å²) >= 11 is 9.85. The lowest BCUT2D eigenvalue weighted by molar-refractivity contribution is 0.103. The molecule has 0 fully saturated rings. The first-order chi connectivity index (χ1) is 11.0. The molecule has 3 rings (SSSR count). The molecule has 0 aliphatic rings. The number of methoxy groups -OCH3 is 1. The molecule has 0 atom stereocenters. The van der Waals surface area contributed by atoms with Gasteiger partial charge in [-0.05, 0) is 29.7 Å². The summed E-state index contributed by atoms with van der Waals surface area (Å²) in [7, 11) is 1.37. The maximum atomic E-state index is 13.8. The lowest BCUT2D eigenvalue weighted by atomic mass is 9.99. The molecule has 5 heteroatoms. The molecule has 3 aromatic carbocycles. The third-order valence-electron chi connectivity index (χ3n) is 3.59. The highest BCUT2D eigenvalue weighted by Crippen LogP contribution is 2.34. The van der Waals surface area contributed by atoms with E-state index in [1.807, 2.05) is 24.3 Å². The minimum atomic E-state index is -0.589. The van der Waals surface area contributed by atoms with E-state index in [-0.39, 0.29) is 17.1 Å². The molecule has 0 radical (unpaired) electrons. The molecular formula is C18H11BrClFO2. The Kier molecular flexibility index (Phi) is 4.37. The average Bonchev–Trinajstić information content (AvgIpc) is 2.57. The Hall–Kier alpha value is -1.91. The molecule has 0 spiro atoms. The second-order valence-electron chi connectivity index (χ2n) is 4.94. The Morgan fingerprint density at radius 2 is 1.83 bits per heavy atom. The third-order valence-corrected chi connectivity index (χ3v) is 4.65. The van der Waals surface area contributed by atoms with Crippen molar-refractivity contribution >= 4 is 44.1 Å². The van der Waals surface area contributed by atoms with Crippen LogP contribution in [-0.2, 0) is 0 Å². The topological polar surface area (TPSA) is 26.3 Å². The summed E-state index contributed by atoms with van der Waals surface area (Å²) in [5.41, 5.74) is 0.536. The maximum absolute atomic E-state index is 13.8. The van der Waals surface area contributed by atoms with Gasteiger partial charge in [0.15, 0.2) is 17.3 Å². The molecule has 0 saturated carbocycles. The fraction of sp³-hybridized carbons (Fsp3) is 0.0556. The van der Waals surface area contributed by atoms with E-state index in [0.29, 0.717) is 10.6 Å². The Balaban J connectivity index is 2.15. The van der Waals surface area contributed by atoms with Crippen LogP contribution in [0.1, 0.15) is 15.9 Å². The van der Waals surface area contributed by atoms with E-state index in [4.69, 9.17) is 16.3 Å². The molecule has 0 N–H and O–H groups in total. The molecule has 0 aliphatic carbocycles. The zero-order chi connectivity index (χ0) is 16.6. The third kappa shape index (κ3) is 2.84. The van der Waals surface area contributed by atoms with Crippen LogP contribution >= 0.6 is 27.5 Å². The number of ketones is 1. The number of fused-ring (bicyclic) bond motifs is 1. The van der Waals surface area contributed by atoms with Crippen LogP contribution in [-0.4, -0.2) is 12.9 Å². The Morgan fingerprint density at radius 3 is 2.48 bits per heavy atom. The summed E-state index contributed by atoms with van der Waals surface area (Å²) in [5, 5.41) is 2.03. The zero-order valence-electron chi connectivity index (χ0n) is 12.1. The molecule has 3 aromatic rings. The van der Waals surface area contributed by atoms with Crippen molar-refractivity contribution in [3.05, 3.63) is 75.0 Å². The number of hydrogen-bond donors (Lipinski definition) is 0. The van der Waals surface area contributed by atoms with E-state index in [1.54, 1.807) is 6.07 Å². The minimum Gasteiger partial charge on any atom is -0.494 e. The van der Waals surface area contributed by atoms with E-state index in [9.17, 15) is 9.18 Å². The van der Waals surface area contributed by atoms with Gasteiger partial charge >= 0.3 is 0 Å². The molecule has 0 saturated heterocycles. The first-order valence-electron chi connectivity index (χ1n) is 6.78. The van der Waals surface area contributed by atoms with Crippen LogP contribution in [0.15, 0.2) is 53.0 Å². The molecule has 0 amide bonds. The summed E-state index contributed by atoms with van der Waals surface area (Å²) in [6.45, 7) is 0. The number of carbonyl (C=O) groups is 1. The van der Waals surface area contributed by atoms with Gasteiger partial charge in [0.1, 0.15) is 0 Å². The van der Waals surface area contributed by atoms with Crippen molar-refractivity contribution < 1.29 is 13.9 Å². The molecular weight excluding hydrogens is 383 g/mol. The highest BCUT2D eigenvalue weighted by molar-refractivity contribution is 9.10. The van der Waals surface area contributed by atoms with Gasteiger partial charge in [-0.2, -0.15) is 0 Å². The van der Waals surface area contributed by atoms with Gasteiger partial charge < -0.3 is 4.74 Å². The molecule has 0 aromatic heterocycles. The van der Waals surface area contributed by atoms with Crippen molar-refractivity contribution in [1.29, 1.82) is 0 Å². The molecule has 116 valence electrons. The number of rotatable bonds is 3. The summed E-state index contributed by atoms with van der Waals surface area (Å²) in [4.78, 5) is 12.7. The predicted octanol–water partition coefficient (Wildman–Crippen LogP) is 5.63. The molecule has 23 heavy (non-hydrogen) atoms. The summed E-state index contributed by atoms with van der Waals surface area (Å²) in [5.74, 6) is -0.843. The Labute approximate surface area is 146 Å². The number of halogens is 3. The molecule has 0 aliphatic heterocycles. The average molecular weight is 394 g/mol. The summed E-state index contributed by atoms with van der Waals surface area (Å²) < 4.78 is 19.5. The van der Waals surface area contributed by atoms with Gasteiger partial charge in [-0.1, -0.05) is 51.8 Å². The number of ether oxygens (including phenoxy) is 1. The Morgan fingerprint density at radius 1 is 1.13 bits per heavy atom. The predicted molar refractivity (Wildman–Crippen MR) is 93.0 cm³/mol. The van der Waals surface area contributed by atoms with Crippen LogP contribution in [0.25, 0.3) is 10.8 Å². The fourth-order valence-corrected chi connectivity index (χ4v) is 3.30. The maximum Gasteiger partial charge on any atom is 0.194 e. The zero-order valence-corrected chi connectivity index (χ0v) is 14.4.